The molecule has 0 saturated heterocycles. The molecule has 0 saturated carbocycles. The van der Waals surface area contributed by atoms with Gasteiger partial charge in [-0.15, -0.1) is 0 Å². The molecule has 0 atom stereocenters. The van der Waals surface area contributed by atoms with E-state index in [1.165, 1.54) is 0 Å². The van der Waals surface area contributed by atoms with E-state index < -0.39 is 10.1 Å². The van der Waals surface area contributed by atoms with Gasteiger partial charge in [0.2, 0.25) is 0 Å². The van der Waals surface area contributed by atoms with Crippen LogP contribution in [-0.4, -0.2) is 18.7 Å². The van der Waals surface area contributed by atoms with Crippen molar-refractivity contribution in [2.45, 2.75) is 13.0 Å². The van der Waals surface area contributed by atoms with Gasteiger partial charge in [-0.2, -0.15) is 8.42 Å². The maximum Gasteiger partial charge on any atom is 1.00 e. The van der Waals surface area contributed by atoms with Crippen LogP contribution in [0.2, 0.25) is 0 Å². The molecule has 0 fully saturated rings. The molecule has 0 aliphatic heterocycles. The molecule has 0 aromatic heterocycles. The Kier molecular flexibility index (Phi) is 7.42. The van der Waals surface area contributed by atoms with E-state index in [0.29, 0.717) is 6.61 Å². The normalized spacial score (nSPS) is 10.7. The number of hydrogen-bond acceptors (Lipinski definition) is 3. The van der Waals surface area contributed by atoms with Crippen molar-refractivity contribution < 1.29 is 47.3 Å². The first kappa shape index (κ1) is 18.2. The Morgan fingerprint density at radius 2 is 1.52 bits per heavy atom. The number of aryl methyl sites for hydroxylation is 1. The first-order chi connectivity index (χ1) is 9.53. The molecular weight excluding hydrogens is 299 g/mol. The van der Waals surface area contributed by atoms with Gasteiger partial charge in [0.25, 0.3) is 10.1 Å². The molecule has 0 unspecified atom stereocenters. The first-order valence-corrected chi connectivity index (χ1v) is 7.85. The molecule has 6 heteroatoms. The van der Waals surface area contributed by atoms with Crippen LogP contribution in [0.5, 0.6) is 5.75 Å². The Morgan fingerprint density at radius 1 is 0.905 bits per heavy atom. The van der Waals surface area contributed by atoms with Crippen molar-refractivity contribution in [3.8, 4) is 5.75 Å². The number of ether oxygens (including phenoxy) is 1. The zero-order valence-electron chi connectivity index (χ0n) is 11.9. The van der Waals surface area contributed by atoms with Crippen molar-refractivity contribution in [3.05, 3.63) is 65.7 Å². The minimum atomic E-state index is -3.91. The Balaban J connectivity index is 0.00000220. The van der Waals surface area contributed by atoms with Crippen LogP contribution in [0.15, 0.2) is 54.6 Å². The Labute approximate surface area is 147 Å². The summed E-state index contributed by atoms with van der Waals surface area (Å²) < 4.78 is 35.6. The van der Waals surface area contributed by atoms with Gasteiger partial charge in [0.05, 0.1) is 5.75 Å². The van der Waals surface area contributed by atoms with Gasteiger partial charge < -0.3 is 4.74 Å². The van der Waals surface area contributed by atoms with E-state index in [2.05, 4.69) is 0 Å². The zero-order chi connectivity index (χ0) is 14.4. The van der Waals surface area contributed by atoms with Crippen molar-refractivity contribution in [3.63, 3.8) is 0 Å². The molecule has 2 rings (SSSR count). The Hall–Kier alpha value is -0.850. The molecule has 2 aromatic rings. The Morgan fingerprint density at radius 3 is 2.10 bits per heavy atom. The largest absolute Gasteiger partial charge is 1.00 e. The van der Waals surface area contributed by atoms with Crippen molar-refractivity contribution in [2.24, 2.45) is 0 Å². The third-order valence-electron chi connectivity index (χ3n) is 2.82. The average Bonchev–Trinajstić information content (AvgIpc) is 2.44. The molecule has 21 heavy (non-hydrogen) atoms. The SMILES string of the molecule is O=S(=O)(O)CCc1ccc(OCc2ccccc2)cc1.[Na+]. The number of hydrogen-bond donors (Lipinski definition) is 1. The van der Waals surface area contributed by atoms with Crippen molar-refractivity contribution in [2.75, 3.05) is 5.75 Å². The van der Waals surface area contributed by atoms with Gasteiger partial charge in [-0.1, -0.05) is 42.5 Å². The van der Waals surface area contributed by atoms with Crippen molar-refractivity contribution >= 4 is 10.1 Å². The van der Waals surface area contributed by atoms with Crippen molar-refractivity contribution in [1.82, 2.24) is 0 Å². The quantitative estimate of drug-likeness (QED) is 0.587. The summed E-state index contributed by atoms with van der Waals surface area (Å²) in [6, 6.07) is 17.0. The summed E-state index contributed by atoms with van der Waals surface area (Å²) in [7, 11) is -3.91. The molecule has 0 spiro atoms. The summed E-state index contributed by atoms with van der Waals surface area (Å²) in [6.45, 7) is 0.491. The van der Waals surface area contributed by atoms with Gasteiger partial charge in [0, 0.05) is 0 Å². The second kappa shape index (κ2) is 8.56. The fourth-order valence-corrected chi connectivity index (χ4v) is 2.23. The summed E-state index contributed by atoms with van der Waals surface area (Å²) in [5, 5.41) is 0. The van der Waals surface area contributed by atoms with Gasteiger partial charge in [0.1, 0.15) is 12.4 Å². The van der Waals surface area contributed by atoms with E-state index in [1.807, 2.05) is 30.3 Å². The molecule has 0 heterocycles. The fourth-order valence-electron chi connectivity index (χ4n) is 1.74. The van der Waals surface area contributed by atoms with Crippen LogP contribution in [0.25, 0.3) is 0 Å². The molecular formula is C15H16NaO4S+. The minimum Gasteiger partial charge on any atom is -0.489 e. The molecule has 0 bridgehead atoms. The van der Waals surface area contributed by atoms with E-state index >= 15 is 0 Å². The summed E-state index contributed by atoms with van der Waals surface area (Å²) in [6.07, 6.45) is 0.289. The molecule has 2 aromatic carbocycles. The second-order valence-electron chi connectivity index (χ2n) is 4.45. The Bertz CT molecular complexity index is 639. The van der Waals surface area contributed by atoms with E-state index in [-0.39, 0.29) is 41.7 Å². The van der Waals surface area contributed by atoms with Gasteiger partial charge in [0.15, 0.2) is 0 Å². The molecule has 106 valence electrons. The standard InChI is InChI=1S/C15H16O4S.Na/c16-20(17,18)11-10-13-6-8-15(9-7-13)19-12-14-4-2-1-3-5-14;/h1-9H,10-12H2,(H,16,17,18);/q;+1. The zero-order valence-corrected chi connectivity index (χ0v) is 14.7. The van der Waals surface area contributed by atoms with Gasteiger partial charge in [-0.3, -0.25) is 4.55 Å². The van der Waals surface area contributed by atoms with Crippen LogP contribution in [0.3, 0.4) is 0 Å². The van der Waals surface area contributed by atoms with Gasteiger partial charge in [-0.05, 0) is 29.7 Å². The van der Waals surface area contributed by atoms with Crippen LogP contribution in [0, 0.1) is 0 Å². The fraction of sp³-hybridized carbons (Fsp3) is 0.200. The average molecular weight is 315 g/mol. The van der Waals surface area contributed by atoms with Crippen LogP contribution >= 0.6 is 0 Å². The summed E-state index contributed by atoms with van der Waals surface area (Å²) in [5.41, 5.74) is 1.93. The van der Waals surface area contributed by atoms with E-state index in [4.69, 9.17) is 9.29 Å². The maximum absolute atomic E-state index is 10.7. The van der Waals surface area contributed by atoms with E-state index in [9.17, 15) is 8.42 Å². The van der Waals surface area contributed by atoms with Crippen LogP contribution in [0.4, 0.5) is 0 Å². The second-order valence-corrected chi connectivity index (χ2v) is 6.03. The maximum atomic E-state index is 10.7. The van der Waals surface area contributed by atoms with Crippen molar-refractivity contribution in [1.29, 1.82) is 0 Å². The molecule has 0 aliphatic carbocycles. The smallest absolute Gasteiger partial charge is 0.489 e. The first-order valence-electron chi connectivity index (χ1n) is 6.24. The van der Waals surface area contributed by atoms with Gasteiger partial charge in [-0.25, -0.2) is 0 Å². The summed E-state index contributed by atoms with van der Waals surface area (Å²) >= 11 is 0. The predicted molar refractivity (Wildman–Crippen MR) is 77.3 cm³/mol. The third kappa shape index (κ3) is 7.11. The number of rotatable bonds is 6. The molecule has 0 aliphatic rings. The molecule has 0 amide bonds. The van der Waals surface area contributed by atoms with Crippen LogP contribution in [-0.2, 0) is 23.1 Å². The monoisotopic (exact) mass is 315 g/mol. The van der Waals surface area contributed by atoms with E-state index in [0.717, 1.165) is 16.9 Å². The molecule has 1 N–H and O–H groups in total. The van der Waals surface area contributed by atoms with Crippen LogP contribution in [0.1, 0.15) is 11.1 Å². The summed E-state index contributed by atoms with van der Waals surface area (Å²) in [4.78, 5) is 0. The molecule has 0 radical (unpaired) electrons. The predicted octanol–water partition coefficient (Wildman–Crippen LogP) is -0.300. The van der Waals surface area contributed by atoms with Crippen LogP contribution < -0.4 is 34.3 Å². The third-order valence-corrected chi connectivity index (χ3v) is 3.54. The number of benzene rings is 2. The topological polar surface area (TPSA) is 63.6 Å². The van der Waals surface area contributed by atoms with Gasteiger partial charge >= 0.3 is 29.6 Å². The minimum absolute atomic E-state index is 0. The van der Waals surface area contributed by atoms with E-state index in [1.54, 1.807) is 24.3 Å². The molecule has 4 nitrogen and oxygen atoms in total. The summed E-state index contributed by atoms with van der Waals surface area (Å²) in [5.74, 6) is 0.460.